The normalized spacial score (nSPS) is 24.5. The van der Waals surface area contributed by atoms with Gasteiger partial charge in [0.25, 0.3) is 0 Å². The second-order valence-electron chi connectivity index (χ2n) is 8.25. The van der Waals surface area contributed by atoms with E-state index in [4.69, 9.17) is 0 Å². The number of hydrogen-bond donors (Lipinski definition) is 2. The van der Waals surface area contributed by atoms with E-state index in [9.17, 15) is 9.18 Å². The summed E-state index contributed by atoms with van der Waals surface area (Å²) in [5.74, 6) is -0.259. The lowest BCUT2D eigenvalue weighted by molar-refractivity contribution is 0.174. The molecule has 0 bridgehead atoms. The zero-order chi connectivity index (χ0) is 20.2. The van der Waals surface area contributed by atoms with E-state index in [0.29, 0.717) is 12.6 Å². The maximum Gasteiger partial charge on any atom is 0.318 e. The number of carbonyl (C=O) groups excluding carboxylic acids is 1. The van der Waals surface area contributed by atoms with Gasteiger partial charge in [-0.25, -0.2) is 9.18 Å². The van der Waals surface area contributed by atoms with Crippen LogP contribution in [0.5, 0.6) is 0 Å². The standard InChI is InChI=1S/C24H30FN3O/c1-26-20-7-3-4-8-21(16-20)27-24(29)28-15-14-17-6-2-5-9-22(17)23(28)18-10-12-19(25)13-11-18/h2,5-6,9-13,20-21,23,26H,3-4,7-8,14-16H2,1H3,(H,27,29)/t20-,21-,23-/m0/s1. The van der Waals surface area contributed by atoms with Gasteiger partial charge in [-0.15, -0.1) is 0 Å². The van der Waals surface area contributed by atoms with E-state index >= 15 is 0 Å². The molecule has 1 saturated carbocycles. The minimum absolute atomic E-state index is 0.0180. The van der Waals surface area contributed by atoms with Crippen molar-refractivity contribution in [3.05, 3.63) is 71.0 Å². The molecule has 2 aromatic rings. The molecule has 2 aromatic carbocycles. The summed E-state index contributed by atoms with van der Waals surface area (Å²) in [5.41, 5.74) is 3.34. The summed E-state index contributed by atoms with van der Waals surface area (Å²) in [6.07, 6.45) is 6.34. The topological polar surface area (TPSA) is 44.4 Å². The maximum atomic E-state index is 13.5. The maximum absolute atomic E-state index is 13.5. The molecule has 1 fully saturated rings. The van der Waals surface area contributed by atoms with Crippen LogP contribution >= 0.6 is 0 Å². The van der Waals surface area contributed by atoms with Crippen LogP contribution in [0.1, 0.15) is 54.8 Å². The van der Waals surface area contributed by atoms with E-state index in [-0.39, 0.29) is 23.9 Å². The van der Waals surface area contributed by atoms with Gasteiger partial charge in [-0.1, -0.05) is 49.2 Å². The molecule has 4 rings (SSSR count). The average Bonchev–Trinajstić information content (AvgIpc) is 2.98. The van der Waals surface area contributed by atoms with E-state index < -0.39 is 0 Å². The Morgan fingerprint density at radius 2 is 1.76 bits per heavy atom. The highest BCUT2D eigenvalue weighted by molar-refractivity contribution is 5.76. The molecule has 0 saturated heterocycles. The van der Waals surface area contributed by atoms with Crippen LogP contribution in [0.2, 0.25) is 0 Å². The molecule has 1 aliphatic heterocycles. The van der Waals surface area contributed by atoms with Crippen molar-refractivity contribution in [2.45, 2.75) is 56.7 Å². The number of rotatable bonds is 3. The van der Waals surface area contributed by atoms with E-state index in [1.807, 2.05) is 24.1 Å². The predicted octanol–water partition coefficient (Wildman–Crippen LogP) is 4.40. The van der Waals surface area contributed by atoms with Crippen molar-refractivity contribution >= 4 is 6.03 Å². The van der Waals surface area contributed by atoms with Gasteiger partial charge in [-0.3, -0.25) is 0 Å². The summed E-state index contributed by atoms with van der Waals surface area (Å²) in [6, 6.07) is 15.3. The second kappa shape index (κ2) is 8.95. The number of halogens is 1. The minimum Gasteiger partial charge on any atom is -0.335 e. The van der Waals surface area contributed by atoms with E-state index in [1.54, 1.807) is 12.1 Å². The van der Waals surface area contributed by atoms with E-state index in [2.05, 4.69) is 22.8 Å². The molecular weight excluding hydrogens is 365 g/mol. The number of hydrogen-bond acceptors (Lipinski definition) is 2. The van der Waals surface area contributed by atoms with Crippen LogP contribution in [0.15, 0.2) is 48.5 Å². The highest BCUT2D eigenvalue weighted by atomic mass is 19.1. The third kappa shape index (κ3) is 4.45. The molecule has 2 amide bonds. The summed E-state index contributed by atoms with van der Waals surface area (Å²) in [5, 5.41) is 6.69. The van der Waals surface area contributed by atoms with Gasteiger partial charge < -0.3 is 15.5 Å². The van der Waals surface area contributed by atoms with Crippen molar-refractivity contribution in [3.8, 4) is 0 Å². The van der Waals surface area contributed by atoms with Gasteiger partial charge in [-0.2, -0.15) is 0 Å². The summed E-state index contributed by atoms with van der Waals surface area (Å²) >= 11 is 0. The number of fused-ring (bicyclic) bond motifs is 1. The molecule has 29 heavy (non-hydrogen) atoms. The Hall–Kier alpha value is -2.40. The van der Waals surface area contributed by atoms with Gasteiger partial charge in [-0.05, 0) is 61.6 Å². The van der Waals surface area contributed by atoms with Gasteiger partial charge in [0.2, 0.25) is 0 Å². The van der Waals surface area contributed by atoms with Crippen LogP contribution in [-0.4, -0.2) is 36.6 Å². The smallest absolute Gasteiger partial charge is 0.318 e. The first kappa shape index (κ1) is 19.9. The average molecular weight is 396 g/mol. The van der Waals surface area contributed by atoms with Crippen LogP contribution in [0.25, 0.3) is 0 Å². The number of amides is 2. The van der Waals surface area contributed by atoms with Gasteiger partial charge >= 0.3 is 6.03 Å². The summed E-state index contributed by atoms with van der Waals surface area (Å²) < 4.78 is 13.5. The Kier molecular flexibility index (Phi) is 6.14. The van der Waals surface area contributed by atoms with Crippen LogP contribution in [0.4, 0.5) is 9.18 Å². The zero-order valence-corrected chi connectivity index (χ0v) is 17.0. The molecule has 4 nitrogen and oxygen atoms in total. The van der Waals surface area contributed by atoms with Crippen molar-refractivity contribution in [2.75, 3.05) is 13.6 Å². The molecule has 2 aliphatic rings. The van der Waals surface area contributed by atoms with Crippen LogP contribution in [0.3, 0.4) is 0 Å². The molecule has 2 N–H and O–H groups in total. The summed E-state index contributed by atoms with van der Waals surface area (Å²) in [4.78, 5) is 15.3. The zero-order valence-electron chi connectivity index (χ0n) is 17.0. The lowest BCUT2D eigenvalue weighted by Gasteiger charge is -2.38. The Labute approximate surface area is 172 Å². The number of nitrogens with zero attached hydrogens (tertiary/aromatic N) is 1. The second-order valence-corrected chi connectivity index (χ2v) is 8.25. The molecule has 0 unspecified atom stereocenters. The van der Waals surface area contributed by atoms with Crippen LogP contribution < -0.4 is 10.6 Å². The lowest BCUT2D eigenvalue weighted by Crippen LogP contribution is -2.50. The highest BCUT2D eigenvalue weighted by Crippen LogP contribution is 2.35. The lowest BCUT2D eigenvalue weighted by atomic mass is 9.88. The molecule has 0 spiro atoms. The Bertz CT molecular complexity index is 838. The fourth-order valence-corrected chi connectivity index (χ4v) is 4.80. The van der Waals surface area contributed by atoms with Crippen molar-refractivity contribution in [3.63, 3.8) is 0 Å². The van der Waals surface area contributed by atoms with E-state index in [0.717, 1.165) is 43.2 Å². The number of benzene rings is 2. The third-order valence-corrected chi connectivity index (χ3v) is 6.39. The molecular formula is C24H30FN3O. The van der Waals surface area contributed by atoms with Gasteiger partial charge in [0.15, 0.2) is 0 Å². The molecule has 1 heterocycles. The van der Waals surface area contributed by atoms with Gasteiger partial charge in [0.05, 0.1) is 6.04 Å². The Morgan fingerprint density at radius 1 is 1.03 bits per heavy atom. The molecule has 1 aliphatic carbocycles. The van der Waals surface area contributed by atoms with E-state index in [1.165, 1.54) is 24.1 Å². The third-order valence-electron chi connectivity index (χ3n) is 6.39. The van der Waals surface area contributed by atoms with Crippen molar-refractivity contribution in [1.82, 2.24) is 15.5 Å². The largest absolute Gasteiger partial charge is 0.335 e. The molecule has 3 atom stereocenters. The van der Waals surface area contributed by atoms with Crippen LogP contribution in [-0.2, 0) is 6.42 Å². The Morgan fingerprint density at radius 3 is 2.52 bits per heavy atom. The van der Waals surface area contributed by atoms with Gasteiger partial charge in [0, 0.05) is 18.6 Å². The molecule has 0 aromatic heterocycles. The highest BCUT2D eigenvalue weighted by Gasteiger charge is 2.33. The molecule has 5 heteroatoms. The quantitative estimate of drug-likeness (QED) is 0.757. The number of nitrogens with one attached hydrogen (secondary N) is 2. The minimum atomic E-state index is -0.259. The van der Waals surface area contributed by atoms with Crippen molar-refractivity contribution in [1.29, 1.82) is 0 Å². The predicted molar refractivity (Wildman–Crippen MR) is 113 cm³/mol. The summed E-state index contributed by atoms with van der Waals surface area (Å²) in [6.45, 7) is 0.660. The first-order valence-corrected chi connectivity index (χ1v) is 10.7. The summed E-state index contributed by atoms with van der Waals surface area (Å²) in [7, 11) is 2.00. The first-order chi connectivity index (χ1) is 14.2. The van der Waals surface area contributed by atoms with Crippen molar-refractivity contribution in [2.24, 2.45) is 0 Å². The first-order valence-electron chi connectivity index (χ1n) is 10.7. The van der Waals surface area contributed by atoms with Crippen molar-refractivity contribution < 1.29 is 9.18 Å². The number of urea groups is 1. The molecule has 154 valence electrons. The SMILES string of the molecule is CN[C@H]1CCCC[C@H](NC(=O)N2CCc3ccccc3[C@@H]2c2ccc(F)cc2)C1. The van der Waals surface area contributed by atoms with Gasteiger partial charge in [0.1, 0.15) is 5.82 Å². The Balaban J connectivity index is 1.59. The monoisotopic (exact) mass is 395 g/mol. The fraction of sp³-hybridized carbons (Fsp3) is 0.458. The van der Waals surface area contributed by atoms with Crippen LogP contribution in [0, 0.1) is 5.82 Å². The number of carbonyl (C=O) groups is 1. The fourth-order valence-electron chi connectivity index (χ4n) is 4.80. The molecule has 0 radical (unpaired) electrons.